The Labute approximate surface area is 124 Å². The minimum Gasteiger partial charge on any atom is -0.382 e. The van der Waals surface area contributed by atoms with Gasteiger partial charge in [-0.15, -0.1) is 0 Å². The summed E-state index contributed by atoms with van der Waals surface area (Å²) in [5.74, 6) is -0.680. The predicted molar refractivity (Wildman–Crippen MR) is 69.3 cm³/mol. The van der Waals surface area contributed by atoms with Crippen molar-refractivity contribution in [3.63, 3.8) is 0 Å². The van der Waals surface area contributed by atoms with Gasteiger partial charge in [0.1, 0.15) is 10.8 Å². The molecular formula is C12H14ClF3N2O3. The van der Waals surface area contributed by atoms with Crippen LogP contribution in [0.2, 0.25) is 5.15 Å². The van der Waals surface area contributed by atoms with Crippen LogP contribution in [-0.2, 0) is 15.7 Å². The Morgan fingerprint density at radius 1 is 1.33 bits per heavy atom. The standard InChI is InChI=1S/C12H14ClF3N2O3/c1-20-4-5-21-3-2-17-11(19)8-6-9(12(14,15)16)18-10(13)7-8/h6-7H,2-5H2,1H3,(H,17,19). The number of amides is 1. The van der Waals surface area contributed by atoms with Crippen molar-refractivity contribution in [1.29, 1.82) is 0 Å². The molecule has 0 saturated carbocycles. The zero-order chi connectivity index (χ0) is 15.9. The van der Waals surface area contributed by atoms with Crippen molar-refractivity contribution in [2.24, 2.45) is 0 Å². The first-order valence-electron chi connectivity index (χ1n) is 5.94. The number of hydrogen-bond donors (Lipinski definition) is 1. The average molecular weight is 327 g/mol. The number of carbonyl (C=O) groups excluding carboxylic acids is 1. The van der Waals surface area contributed by atoms with Gasteiger partial charge in [-0.2, -0.15) is 13.2 Å². The van der Waals surface area contributed by atoms with Crippen molar-refractivity contribution >= 4 is 17.5 Å². The number of nitrogens with zero attached hydrogens (tertiary/aromatic N) is 1. The van der Waals surface area contributed by atoms with Crippen molar-refractivity contribution in [2.45, 2.75) is 6.18 Å². The third-order valence-electron chi connectivity index (χ3n) is 2.31. The molecular weight excluding hydrogens is 313 g/mol. The molecule has 0 aromatic carbocycles. The summed E-state index contributed by atoms with van der Waals surface area (Å²) < 4.78 is 47.5. The topological polar surface area (TPSA) is 60.5 Å². The molecule has 0 atom stereocenters. The van der Waals surface area contributed by atoms with Gasteiger partial charge in [-0.1, -0.05) is 11.6 Å². The smallest absolute Gasteiger partial charge is 0.382 e. The third-order valence-corrected chi connectivity index (χ3v) is 2.50. The van der Waals surface area contributed by atoms with Crippen LogP contribution in [0.15, 0.2) is 12.1 Å². The minimum absolute atomic E-state index is 0.157. The van der Waals surface area contributed by atoms with Gasteiger partial charge in [0.25, 0.3) is 5.91 Å². The average Bonchev–Trinajstić information content (AvgIpc) is 2.40. The van der Waals surface area contributed by atoms with E-state index in [1.54, 1.807) is 0 Å². The Morgan fingerprint density at radius 2 is 2.05 bits per heavy atom. The minimum atomic E-state index is -4.66. The molecule has 1 heterocycles. The van der Waals surface area contributed by atoms with Gasteiger partial charge in [0, 0.05) is 19.2 Å². The zero-order valence-corrected chi connectivity index (χ0v) is 11.9. The Hall–Kier alpha value is -1.38. The summed E-state index contributed by atoms with van der Waals surface area (Å²) in [4.78, 5) is 14.9. The molecule has 21 heavy (non-hydrogen) atoms. The first-order chi connectivity index (χ1) is 9.84. The SMILES string of the molecule is COCCOCCNC(=O)c1cc(Cl)nc(C(F)(F)F)c1. The van der Waals surface area contributed by atoms with E-state index in [1.807, 2.05) is 0 Å². The van der Waals surface area contributed by atoms with E-state index >= 15 is 0 Å². The summed E-state index contributed by atoms with van der Waals surface area (Å²) in [5, 5.41) is 2.03. The number of alkyl halides is 3. The molecule has 0 saturated heterocycles. The van der Waals surface area contributed by atoms with Crippen LogP contribution >= 0.6 is 11.6 Å². The highest BCUT2D eigenvalue weighted by Crippen LogP contribution is 2.29. The Bertz CT molecular complexity index is 483. The van der Waals surface area contributed by atoms with E-state index in [0.29, 0.717) is 19.3 Å². The van der Waals surface area contributed by atoms with Crippen LogP contribution in [0.1, 0.15) is 16.1 Å². The lowest BCUT2D eigenvalue weighted by molar-refractivity contribution is -0.141. The van der Waals surface area contributed by atoms with Gasteiger partial charge < -0.3 is 14.8 Å². The van der Waals surface area contributed by atoms with E-state index < -0.39 is 22.9 Å². The van der Waals surface area contributed by atoms with E-state index in [-0.39, 0.29) is 18.7 Å². The fourth-order valence-electron chi connectivity index (χ4n) is 1.36. The van der Waals surface area contributed by atoms with Crippen LogP contribution in [0.25, 0.3) is 0 Å². The van der Waals surface area contributed by atoms with E-state index in [4.69, 9.17) is 21.1 Å². The predicted octanol–water partition coefficient (Wildman–Crippen LogP) is 2.15. The number of hydrogen-bond acceptors (Lipinski definition) is 4. The second-order valence-corrected chi connectivity index (χ2v) is 4.31. The second kappa shape index (κ2) is 8.16. The van der Waals surface area contributed by atoms with Gasteiger partial charge in [-0.3, -0.25) is 4.79 Å². The Kier molecular flexibility index (Phi) is 6.86. The summed E-state index contributed by atoms with van der Waals surface area (Å²) in [6.45, 7) is 1.17. The molecule has 5 nitrogen and oxygen atoms in total. The maximum absolute atomic E-state index is 12.6. The van der Waals surface area contributed by atoms with E-state index in [9.17, 15) is 18.0 Å². The molecule has 118 valence electrons. The molecule has 1 aromatic heterocycles. The second-order valence-electron chi connectivity index (χ2n) is 3.92. The van der Waals surface area contributed by atoms with Gasteiger partial charge in [0.2, 0.25) is 0 Å². The molecule has 0 bridgehead atoms. The summed E-state index contributed by atoms with van der Waals surface area (Å²) in [5.41, 5.74) is -1.42. The lowest BCUT2D eigenvalue weighted by Gasteiger charge is -2.09. The van der Waals surface area contributed by atoms with Crippen molar-refractivity contribution in [3.8, 4) is 0 Å². The van der Waals surface area contributed by atoms with Crippen LogP contribution in [0.5, 0.6) is 0 Å². The van der Waals surface area contributed by atoms with Crippen molar-refractivity contribution in [3.05, 3.63) is 28.5 Å². The molecule has 0 spiro atoms. The monoisotopic (exact) mass is 326 g/mol. The van der Waals surface area contributed by atoms with Crippen LogP contribution < -0.4 is 5.32 Å². The molecule has 0 aliphatic carbocycles. The summed E-state index contributed by atoms with van der Waals surface area (Å²) >= 11 is 5.49. The molecule has 0 radical (unpaired) electrons. The summed E-state index contributed by atoms with van der Waals surface area (Å²) in [6, 6.07) is 1.71. The van der Waals surface area contributed by atoms with Crippen molar-refractivity contribution in [1.82, 2.24) is 10.3 Å². The molecule has 0 unspecified atom stereocenters. The number of nitrogens with one attached hydrogen (secondary N) is 1. The van der Waals surface area contributed by atoms with E-state index in [2.05, 4.69) is 10.3 Å². The first kappa shape index (κ1) is 17.7. The molecule has 1 amide bonds. The molecule has 0 fully saturated rings. The highest BCUT2D eigenvalue weighted by atomic mass is 35.5. The fraction of sp³-hybridized carbons (Fsp3) is 0.500. The number of carbonyl (C=O) groups is 1. The summed E-state index contributed by atoms with van der Waals surface area (Å²) in [7, 11) is 1.52. The van der Waals surface area contributed by atoms with Gasteiger partial charge in [-0.25, -0.2) is 4.98 Å². The first-order valence-corrected chi connectivity index (χ1v) is 6.32. The van der Waals surface area contributed by atoms with Crippen molar-refractivity contribution in [2.75, 3.05) is 33.5 Å². The van der Waals surface area contributed by atoms with Crippen LogP contribution in [-0.4, -0.2) is 44.4 Å². The Morgan fingerprint density at radius 3 is 2.67 bits per heavy atom. The van der Waals surface area contributed by atoms with Gasteiger partial charge in [-0.05, 0) is 12.1 Å². The van der Waals surface area contributed by atoms with E-state index in [0.717, 1.165) is 6.07 Å². The fourth-order valence-corrected chi connectivity index (χ4v) is 1.56. The lowest BCUT2D eigenvalue weighted by atomic mass is 10.2. The number of aromatic nitrogens is 1. The third kappa shape index (κ3) is 6.28. The molecule has 1 rings (SSSR count). The quantitative estimate of drug-likeness (QED) is 0.616. The van der Waals surface area contributed by atoms with Crippen molar-refractivity contribution < 1.29 is 27.4 Å². The maximum atomic E-state index is 12.6. The maximum Gasteiger partial charge on any atom is 0.433 e. The Balaban J connectivity index is 2.56. The number of methoxy groups -OCH3 is 1. The van der Waals surface area contributed by atoms with Crippen LogP contribution in [0.4, 0.5) is 13.2 Å². The number of rotatable bonds is 7. The highest BCUT2D eigenvalue weighted by molar-refractivity contribution is 6.29. The molecule has 9 heteroatoms. The molecule has 0 aliphatic rings. The van der Waals surface area contributed by atoms with Gasteiger partial charge in [0.15, 0.2) is 0 Å². The zero-order valence-electron chi connectivity index (χ0n) is 11.2. The van der Waals surface area contributed by atoms with Crippen LogP contribution in [0, 0.1) is 0 Å². The highest BCUT2D eigenvalue weighted by Gasteiger charge is 2.33. The normalized spacial score (nSPS) is 11.5. The van der Waals surface area contributed by atoms with Crippen LogP contribution in [0.3, 0.4) is 0 Å². The summed E-state index contributed by atoms with van der Waals surface area (Å²) in [6.07, 6.45) is -4.66. The number of halogens is 4. The lowest BCUT2D eigenvalue weighted by Crippen LogP contribution is -2.28. The van der Waals surface area contributed by atoms with Gasteiger partial charge in [0.05, 0.1) is 19.8 Å². The molecule has 0 aliphatic heterocycles. The largest absolute Gasteiger partial charge is 0.433 e. The molecule has 1 aromatic rings. The van der Waals surface area contributed by atoms with Gasteiger partial charge >= 0.3 is 6.18 Å². The number of ether oxygens (including phenoxy) is 2. The number of pyridine rings is 1. The molecule has 1 N–H and O–H groups in total. The van der Waals surface area contributed by atoms with E-state index in [1.165, 1.54) is 7.11 Å².